The minimum Gasteiger partial charge on any atom is -0.453 e. The lowest BCUT2D eigenvalue weighted by atomic mass is 9.88. The molecule has 3 aromatic carbocycles. The van der Waals surface area contributed by atoms with E-state index >= 15 is 0 Å². The summed E-state index contributed by atoms with van der Waals surface area (Å²) >= 11 is 6.14. The summed E-state index contributed by atoms with van der Waals surface area (Å²) in [6.45, 7) is 6.54. The summed E-state index contributed by atoms with van der Waals surface area (Å²) in [4.78, 5) is 56.9. The molecule has 254 valence electrons. The van der Waals surface area contributed by atoms with Crippen LogP contribution < -0.4 is 10.6 Å². The van der Waals surface area contributed by atoms with Crippen LogP contribution in [0.25, 0.3) is 0 Å². The van der Waals surface area contributed by atoms with Gasteiger partial charge in [0.2, 0.25) is 11.8 Å². The number of benzene rings is 3. The third-order valence-corrected chi connectivity index (χ3v) is 9.03. The van der Waals surface area contributed by atoms with Gasteiger partial charge in [0, 0.05) is 36.6 Å². The standard InChI is InChI=1S/C37H43ClN4O6/c1-37(2,3)48-36(46)42-23-27-10-6-5-9-26(27)22-32(42)33(43)39-31(21-24-13-15-28(38)16-14-24)34(44)41-19-17-25(18-20-41)29-11-7-8-12-30(29)40-35(45)47-4/h5-16,25,31-32H,17-23H2,1-4H3,(H,39,43)(H,40,45). The number of hydrogen-bond donors (Lipinski definition) is 2. The van der Waals surface area contributed by atoms with E-state index < -0.39 is 35.8 Å². The quantitative estimate of drug-likeness (QED) is 0.303. The van der Waals surface area contributed by atoms with Gasteiger partial charge in [-0.2, -0.15) is 0 Å². The fourth-order valence-electron chi connectivity index (χ4n) is 6.35. The van der Waals surface area contributed by atoms with Gasteiger partial charge in [0.15, 0.2) is 0 Å². The lowest BCUT2D eigenvalue weighted by Gasteiger charge is -2.38. The molecule has 2 atom stereocenters. The smallest absolute Gasteiger partial charge is 0.411 e. The van der Waals surface area contributed by atoms with Gasteiger partial charge in [-0.1, -0.05) is 66.2 Å². The van der Waals surface area contributed by atoms with Crippen molar-refractivity contribution in [3.8, 4) is 0 Å². The molecule has 11 heteroatoms. The highest BCUT2D eigenvalue weighted by atomic mass is 35.5. The number of hydrogen-bond acceptors (Lipinski definition) is 6. The Hall–Kier alpha value is -4.57. The van der Waals surface area contributed by atoms with E-state index in [9.17, 15) is 19.2 Å². The lowest BCUT2D eigenvalue weighted by molar-refractivity contribution is -0.138. The fourth-order valence-corrected chi connectivity index (χ4v) is 6.48. The molecule has 1 saturated heterocycles. The summed E-state index contributed by atoms with van der Waals surface area (Å²) in [6.07, 6.45) is 0.791. The summed E-state index contributed by atoms with van der Waals surface area (Å²) < 4.78 is 10.5. The van der Waals surface area contributed by atoms with E-state index in [1.165, 1.54) is 12.0 Å². The van der Waals surface area contributed by atoms with Crippen LogP contribution in [0, 0.1) is 0 Å². The number of likely N-dealkylation sites (tertiary alicyclic amines) is 1. The zero-order valence-corrected chi connectivity index (χ0v) is 28.6. The average molecular weight is 675 g/mol. The van der Waals surface area contributed by atoms with Crippen molar-refractivity contribution in [2.75, 3.05) is 25.5 Å². The van der Waals surface area contributed by atoms with Gasteiger partial charge < -0.3 is 19.7 Å². The number of anilines is 1. The normalized spacial score (nSPS) is 17.1. The van der Waals surface area contributed by atoms with E-state index in [-0.39, 0.29) is 24.8 Å². The van der Waals surface area contributed by atoms with E-state index in [0.717, 1.165) is 22.3 Å². The van der Waals surface area contributed by atoms with Gasteiger partial charge in [0.25, 0.3) is 0 Å². The summed E-state index contributed by atoms with van der Waals surface area (Å²) in [7, 11) is 1.32. The molecule has 10 nitrogen and oxygen atoms in total. The fraction of sp³-hybridized carbons (Fsp3) is 0.405. The van der Waals surface area contributed by atoms with Crippen molar-refractivity contribution in [3.63, 3.8) is 0 Å². The molecule has 48 heavy (non-hydrogen) atoms. The summed E-state index contributed by atoms with van der Waals surface area (Å²) in [5.41, 5.74) is 3.69. The number of nitrogens with zero attached hydrogens (tertiary/aromatic N) is 2. The van der Waals surface area contributed by atoms with Gasteiger partial charge in [-0.05, 0) is 80.0 Å². The van der Waals surface area contributed by atoms with Crippen LogP contribution in [0.1, 0.15) is 61.8 Å². The number of ether oxygens (including phenoxy) is 2. The highest BCUT2D eigenvalue weighted by Gasteiger charge is 2.39. The van der Waals surface area contributed by atoms with Crippen molar-refractivity contribution in [1.29, 1.82) is 0 Å². The van der Waals surface area contributed by atoms with Crippen LogP contribution in [0.5, 0.6) is 0 Å². The Balaban J connectivity index is 1.35. The molecule has 2 aliphatic rings. The van der Waals surface area contributed by atoms with E-state index in [4.69, 9.17) is 21.1 Å². The Morgan fingerprint density at radius 2 is 1.56 bits per heavy atom. The van der Waals surface area contributed by atoms with Crippen LogP contribution in [0.2, 0.25) is 5.02 Å². The van der Waals surface area contributed by atoms with Crippen molar-refractivity contribution >= 4 is 41.3 Å². The van der Waals surface area contributed by atoms with E-state index in [1.807, 2.05) is 60.7 Å². The first-order chi connectivity index (χ1) is 22.9. The molecule has 0 bridgehead atoms. The van der Waals surface area contributed by atoms with Gasteiger partial charge >= 0.3 is 12.2 Å². The highest BCUT2D eigenvalue weighted by molar-refractivity contribution is 6.30. The van der Waals surface area contributed by atoms with Gasteiger partial charge in [-0.15, -0.1) is 0 Å². The Morgan fingerprint density at radius 3 is 2.23 bits per heavy atom. The SMILES string of the molecule is COC(=O)Nc1ccccc1C1CCN(C(=O)C(Cc2ccc(Cl)cc2)NC(=O)C2Cc3ccccc3CN2C(=O)OC(C)(C)C)CC1. The minimum atomic E-state index is -0.874. The first-order valence-electron chi connectivity index (χ1n) is 16.3. The maximum absolute atomic E-state index is 14.2. The van der Waals surface area contributed by atoms with E-state index in [2.05, 4.69) is 10.6 Å². The summed E-state index contributed by atoms with van der Waals surface area (Å²) in [6, 6.07) is 20.8. The van der Waals surface area contributed by atoms with Crippen LogP contribution in [-0.4, -0.2) is 71.7 Å². The molecule has 0 spiro atoms. The third kappa shape index (κ3) is 8.66. The van der Waals surface area contributed by atoms with Crippen molar-refractivity contribution in [1.82, 2.24) is 15.1 Å². The number of fused-ring (bicyclic) bond motifs is 1. The molecule has 5 rings (SSSR count). The van der Waals surface area contributed by atoms with Gasteiger partial charge in [0.1, 0.15) is 17.7 Å². The van der Waals surface area contributed by atoms with E-state index in [0.29, 0.717) is 43.1 Å². The van der Waals surface area contributed by atoms with Crippen LogP contribution in [-0.2, 0) is 38.4 Å². The third-order valence-electron chi connectivity index (χ3n) is 8.78. The lowest BCUT2D eigenvalue weighted by Crippen LogP contribution is -2.58. The predicted molar refractivity (Wildman–Crippen MR) is 184 cm³/mol. The predicted octanol–water partition coefficient (Wildman–Crippen LogP) is 6.31. The first kappa shape index (κ1) is 34.8. The number of amides is 4. The molecular formula is C37H43ClN4O6. The molecule has 2 unspecified atom stereocenters. The maximum Gasteiger partial charge on any atom is 0.411 e. The summed E-state index contributed by atoms with van der Waals surface area (Å²) in [5, 5.41) is 6.39. The Bertz CT molecular complexity index is 1630. The second-order valence-electron chi connectivity index (χ2n) is 13.3. The monoisotopic (exact) mass is 674 g/mol. The highest BCUT2D eigenvalue weighted by Crippen LogP contribution is 2.33. The summed E-state index contributed by atoms with van der Waals surface area (Å²) in [5.74, 6) is -0.491. The number of piperidine rings is 1. The maximum atomic E-state index is 14.2. The molecule has 4 amide bonds. The molecule has 0 aromatic heterocycles. The zero-order valence-electron chi connectivity index (χ0n) is 27.8. The first-order valence-corrected chi connectivity index (χ1v) is 16.6. The molecule has 3 aromatic rings. The number of carbonyl (C=O) groups is 4. The van der Waals surface area contributed by atoms with Crippen LogP contribution in [0.4, 0.5) is 15.3 Å². The molecule has 0 radical (unpaired) electrons. The number of nitrogens with one attached hydrogen (secondary N) is 2. The Labute approximate surface area is 286 Å². The number of para-hydroxylation sites is 1. The van der Waals surface area contributed by atoms with Gasteiger partial charge in [-0.25, -0.2) is 9.59 Å². The Kier molecular flexibility index (Phi) is 10.9. The van der Waals surface area contributed by atoms with Crippen LogP contribution in [0.15, 0.2) is 72.8 Å². The van der Waals surface area contributed by atoms with Gasteiger partial charge in [-0.3, -0.25) is 19.8 Å². The molecule has 1 fully saturated rings. The molecule has 2 heterocycles. The van der Waals surface area contributed by atoms with Gasteiger partial charge in [0.05, 0.1) is 13.7 Å². The number of carbonyl (C=O) groups excluding carboxylic acids is 4. The molecule has 2 aliphatic heterocycles. The number of methoxy groups -OCH3 is 1. The van der Waals surface area contributed by atoms with E-state index in [1.54, 1.807) is 37.8 Å². The van der Waals surface area contributed by atoms with Crippen molar-refractivity contribution in [2.45, 2.75) is 76.6 Å². The minimum absolute atomic E-state index is 0.122. The average Bonchev–Trinajstić information content (AvgIpc) is 3.07. The van der Waals surface area contributed by atoms with Crippen LogP contribution >= 0.6 is 11.6 Å². The van der Waals surface area contributed by atoms with Crippen molar-refractivity contribution in [2.24, 2.45) is 0 Å². The molecular weight excluding hydrogens is 632 g/mol. The van der Waals surface area contributed by atoms with Crippen LogP contribution in [0.3, 0.4) is 0 Å². The zero-order chi connectivity index (χ0) is 34.4. The number of rotatable bonds is 7. The largest absolute Gasteiger partial charge is 0.453 e. The molecule has 2 N–H and O–H groups in total. The second kappa shape index (κ2) is 15.1. The Morgan fingerprint density at radius 1 is 0.917 bits per heavy atom. The number of halogens is 1. The second-order valence-corrected chi connectivity index (χ2v) is 13.7. The topological polar surface area (TPSA) is 117 Å². The molecule has 0 aliphatic carbocycles. The van der Waals surface area contributed by atoms with Crippen molar-refractivity contribution < 1.29 is 28.7 Å². The van der Waals surface area contributed by atoms with Crippen molar-refractivity contribution in [3.05, 3.63) is 100 Å². The molecule has 0 saturated carbocycles.